The summed E-state index contributed by atoms with van der Waals surface area (Å²) >= 11 is 0. The zero-order valence-corrected chi connectivity index (χ0v) is 14.4. The van der Waals surface area contributed by atoms with Gasteiger partial charge in [-0.2, -0.15) is 14.0 Å². The second-order valence-electron chi connectivity index (χ2n) is 6.61. The van der Waals surface area contributed by atoms with Crippen molar-refractivity contribution >= 4 is 29.5 Å². The lowest BCUT2D eigenvalue weighted by molar-refractivity contribution is -0.115. The van der Waals surface area contributed by atoms with Crippen molar-refractivity contribution in [3.8, 4) is 11.3 Å². The predicted octanol–water partition coefficient (Wildman–Crippen LogP) is 1.68. The van der Waals surface area contributed by atoms with Crippen molar-refractivity contribution in [3.63, 3.8) is 0 Å². The summed E-state index contributed by atoms with van der Waals surface area (Å²) in [7, 11) is 0. The van der Waals surface area contributed by atoms with E-state index in [0.717, 1.165) is 12.8 Å². The number of carbonyl (C=O) groups is 2. The third kappa shape index (κ3) is 2.94. The highest BCUT2D eigenvalue weighted by atomic mass is 19.1. The van der Waals surface area contributed by atoms with E-state index in [-0.39, 0.29) is 5.70 Å². The van der Waals surface area contributed by atoms with Gasteiger partial charge in [-0.15, -0.1) is 0 Å². The fourth-order valence-electron chi connectivity index (χ4n) is 2.97. The molecule has 28 heavy (non-hydrogen) atoms. The van der Waals surface area contributed by atoms with E-state index in [2.05, 4.69) is 31.0 Å². The van der Waals surface area contributed by atoms with Crippen LogP contribution in [-0.4, -0.2) is 37.6 Å². The summed E-state index contributed by atoms with van der Waals surface area (Å²) in [6, 6.07) is 4.55. The molecule has 3 aromatic heterocycles. The molecular weight excluding hydrogens is 365 g/mol. The zero-order chi connectivity index (χ0) is 19.3. The van der Waals surface area contributed by atoms with Crippen LogP contribution in [-0.2, 0) is 4.79 Å². The highest BCUT2D eigenvalue weighted by Gasteiger charge is 2.25. The summed E-state index contributed by atoms with van der Waals surface area (Å²) in [5.41, 5.74) is 2.23. The highest BCUT2D eigenvalue weighted by molar-refractivity contribution is 6.14. The number of nitrogens with zero attached hydrogens (tertiary/aromatic N) is 4. The Morgan fingerprint density at radius 3 is 2.82 bits per heavy atom. The van der Waals surface area contributed by atoms with Gasteiger partial charge in [0.15, 0.2) is 5.65 Å². The minimum Gasteiger partial charge on any atom is -0.367 e. The molecule has 0 spiro atoms. The van der Waals surface area contributed by atoms with Crippen LogP contribution in [0.5, 0.6) is 0 Å². The molecule has 1 aliphatic heterocycles. The van der Waals surface area contributed by atoms with Gasteiger partial charge in [0.05, 0.1) is 11.9 Å². The third-order valence-corrected chi connectivity index (χ3v) is 4.47. The second kappa shape index (κ2) is 6.12. The zero-order valence-electron chi connectivity index (χ0n) is 14.4. The normalized spacial score (nSPS) is 17.8. The van der Waals surface area contributed by atoms with Crippen LogP contribution in [0.25, 0.3) is 23.0 Å². The van der Waals surface area contributed by atoms with Gasteiger partial charge >= 0.3 is 6.03 Å². The molecule has 3 N–H and O–H groups in total. The monoisotopic (exact) mass is 379 g/mol. The first kappa shape index (κ1) is 16.4. The van der Waals surface area contributed by atoms with Crippen molar-refractivity contribution in [2.45, 2.75) is 18.9 Å². The summed E-state index contributed by atoms with van der Waals surface area (Å²) < 4.78 is 15.2. The summed E-state index contributed by atoms with van der Waals surface area (Å²) in [6.45, 7) is 0. The summed E-state index contributed by atoms with van der Waals surface area (Å²) in [4.78, 5) is 31.3. The Balaban J connectivity index is 1.66. The largest absolute Gasteiger partial charge is 0.367 e. The Bertz CT molecular complexity index is 1170. The molecule has 2 fully saturated rings. The van der Waals surface area contributed by atoms with E-state index in [1.54, 1.807) is 22.8 Å². The predicted molar refractivity (Wildman–Crippen MR) is 97.5 cm³/mol. The van der Waals surface area contributed by atoms with Gasteiger partial charge in [-0.1, -0.05) is 0 Å². The quantitative estimate of drug-likeness (QED) is 0.361. The Morgan fingerprint density at radius 2 is 2.11 bits per heavy atom. The first-order valence-corrected chi connectivity index (χ1v) is 8.68. The van der Waals surface area contributed by atoms with Crippen LogP contribution >= 0.6 is 0 Å². The Kier molecular flexibility index (Phi) is 3.57. The molecule has 10 heteroatoms. The lowest BCUT2D eigenvalue weighted by atomic mass is 10.2. The number of aromatic nitrogens is 4. The number of anilines is 1. The van der Waals surface area contributed by atoms with Crippen LogP contribution in [0.4, 0.5) is 15.0 Å². The number of halogens is 1. The van der Waals surface area contributed by atoms with Crippen LogP contribution in [0.1, 0.15) is 18.4 Å². The average Bonchev–Trinajstić information content (AvgIpc) is 3.30. The smallest absolute Gasteiger partial charge is 0.326 e. The molecule has 0 unspecified atom stereocenters. The van der Waals surface area contributed by atoms with E-state index in [9.17, 15) is 14.0 Å². The van der Waals surface area contributed by atoms with Crippen molar-refractivity contribution in [2.24, 2.45) is 0 Å². The van der Waals surface area contributed by atoms with E-state index in [4.69, 9.17) is 0 Å². The van der Waals surface area contributed by atoms with Gasteiger partial charge in [0.1, 0.15) is 11.5 Å². The SMILES string of the molecule is O=C1NC(=O)/C(=C/c2cnn3c(NC4CC4)cc(-c4ccnc(F)c4)nc23)N1. The first-order chi connectivity index (χ1) is 13.6. The fourth-order valence-corrected chi connectivity index (χ4v) is 2.97. The molecule has 3 amide bonds. The maximum absolute atomic E-state index is 13.6. The lowest BCUT2D eigenvalue weighted by Gasteiger charge is -2.10. The Morgan fingerprint density at radius 1 is 1.25 bits per heavy atom. The first-order valence-electron chi connectivity index (χ1n) is 8.68. The number of urea groups is 1. The number of nitrogens with one attached hydrogen (secondary N) is 3. The fraction of sp³-hybridized carbons (Fsp3) is 0.167. The minimum absolute atomic E-state index is 0.110. The van der Waals surface area contributed by atoms with Gasteiger partial charge in [0.2, 0.25) is 5.95 Å². The van der Waals surface area contributed by atoms with Crippen LogP contribution < -0.4 is 16.0 Å². The van der Waals surface area contributed by atoms with Gasteiger partial charge in [-0.05, 0) is 25.0 Å². The molecule has 140 valence electrons. The maximum atomic E-state index is 13.6. The number of amides is 3. The van der Waals surface area contributed by atoms with E-state index >= 15 is 0 Å². The molecule has 5 rings (SSSR count). The molecule has 0 radical (unpaired) electrons. The van der Waals surface area contributed by atoms with Crippen molar-refractivity contribution in [2.75, 3.05) is 5.32 Å². The summed E-state index contributed by atoms with van der Waals surface area (Å²) in [6.07, 6.45) is 6.57. The number of pyridine rings is 1. The molecule has 1 aliphatic carbocycles. The minimum atomic E-state index is -0.600. The molecule has 3 aromatic rings. The molecule has 2 aliphatic rings. The lowest BCUT2D eigenvalue weighted by Crippen LogP contribution is -2.22. The van der Waals surface area contributed by atoms with Crippen molar-refractivity contribution in [1.82, 2.24) is 30.2 Å². The summed E-state index contributed by atoms with van der Waals surface area (Å²) in [5, 5.41) is 12.3. The summed E-state index contributed by atoms with van der Waals surface area (Å²) in [5.74, 6) is -0.408. The van der Waals surface area contributed by atoms with Crippen LogP contribution in [0.2, 0.25) is 0 Å². The van der Waals surface area contributed by atoms with E-state index in [0.29, 0.717) is 34.3 Å². The molecule has 0 bridgehead atoms. The van der Waals surface area contributed by atoms with Gasteiger partial charge in [-0.25, -0.2) is 14.8 Å². The van der Waals surface area contributed by atoms with E-state index in [1.165, 1.54) is 18.3 Å². The molecule has 4 heterocycles. The van der Waals surface area contributed by atoms with Gasteiger partial charge in [0, 0.05) is 35.5 Å². The number of hydrogen-bond donors (Lipinski definition) is 3. The standard InChI is InChI=1S/C18H14FN7O2/c19-14-6-9(3-4-20-14)12-7-15(22-11-1-2-11)26-16(23-12)10(8-21-26)5-13-17(27)25-18(28)24-13/h3-8,11,22H,1-2H2,(H2,24,25,27,28)/b13-5-. The number of rotatable bonds is 4. The van der Waals surface area contributed by atoms with Crippen molar-refractivity contribution < 1.29 is 14.0 Å². The van der Waals surface area contributed by atoms with E-state index in [1.807, 2.05) is 0 Å². The molecule has 0 atom stereocenters. The van der Waals surface area contributed by atoms with Crippen molar-refractivity contribution in [1.29, 1.82) is 0 Å². The molecule has 0 aromatic carbocycles. The number of fused-ring (bicyclic) bond motifs is 1. The van der Waals surface area contributed by atoms with Gasteiger partial charge in [0.25, 0.3) is 5.91 Å². The van der Waals surface area contributed by atoms with Crippen molar-refractivity contribution in [3.05, 3.63) is 47.8 Å². The maximum Gasteiger partial charge on any atom is 0.326 e. The Labute approximate surface area is 157 Å². The molecule has 1 saturated carbocycles. The van der Waals surface area contributed by atoms with Crippen LogP contribution in [0, 0.1) is 5.95 Å². The average molecular weight is 379 g/mol. The molecular formula is C18H14FN7O2. The highest BCUT2D eigenvalue weighted by Crippen LogP contribution is 2.29. The Hall–Kier alpha value is -3.82. The van der Waals surface area contributed by atoms with Gasteiger partial charge < -0.3 is 10.6 Å². The third-order valence-electron chi connectivity index (χ3n) is 4.47. The van der Waals surface area contributed by atoms with Gasteiger partial charge in [-0.3, -0.25) is 10.1 Å². The van der Waals surface area contributed by atoms with Crippen LogP contribution in [0.15, 0.2) is 36.3 Å². The van der Waals surface area contributed by atoms with E-state index < -0.39 is 17.9 Å². The topological polar surface area (TPSA) is 113 Å². The number of imide groups is 1. The number of hydrogen-bond acceptors (Lipinski definition) is 6. The number of carbonyl (C=O) groups excluding carboxylic acids is 2. The molecule has 9 nitrogen and oxygen atoms in total. The molecule has 1 saturated heterocycles. The second-order valence-corrected chi connectivity index (χ2v) is 6.61. The van der Waals surface area contributed by atoms with Crippen LogP contribution in [0.3, 0.4) is 0 Å².